The third kappa shape index (κ3) is 2.62. The lowest BCUT2D eigenvalue weighted by atomic mass is 10.2. The number of hydrogen-bond donors (Lipinski definition) is 0. The lowest BCUT2D eigenvalue weighted by Crippen LogP contribution is -2.54. The minimum atomic E-state index is -2.43. The summed E-state index contributed by atoms with van der Waals surface area (Å²) < 4.78 is 0. The van der Waals surface area contributed by atoms with E-state index < -0.39 is 8.07 Å². The molecular weight excluding hydrogens is 284 g/mol. The van der Waals surface area contributed by atoms with Crippen LogP contribution in [0, 0.1) is 0 Å². The third-order valence-corrected chi connectivity index (χ3v) is 8.62. The van der Waals surface area contributed by atoms with E-state index in [4.69, 9.17) is 0 Å². The highest BCUT2D eigenvalue weighted by atomic mass is 28.3. The molecule has 2 heteroatoms. The molecule has 110 valence electrons. The van der Waals surface area contributed by atoms with E-state index in [1.54, 1.807) is 0 Å². The fraction of sp³-hybridized carbons (Fsp3) is 0.150. The van der Waals surface area contributed by atoms with Gasteiger partial charge >= 0.3 is 0 Å². The van der Waals surface area contributed by atoms with Gasteiger partial charge in [0.2, 0.25) is 0 Å². The SMILES string of the molecule is C[Si](C(=O)c1ccccc1)(C1=CCCC=C1)c1ccccc1. The zero-order valence-electron chi connectivity index (χ0n) is 12.8. The molecule has 1 aliphatic carbocycles. The summed E-state index contributed by atoms with van der Waals surface area (Å²) in [5.74, 6) is 0. The Balaban J connectivity index is 2.13. The van der Waals surface area contributed by atoms with Crippen molar-refractivity contribution < 1.29 is 4.79 Å². The summed E-state index contributed by atoms with van der Waals surface area (Å²) in [6.45, 7) is 2.18. The van der Waals surface area contributed by atoms with Gasteiger partial charge in [-0.25, -0.2) is 0 Å². The highest BCUT2D eigenvalue weighted by Crippen LogP contribution is 2.25. The first-order chi connectivity index (χ1) is 10.7. The van der Waals surface area contributed by atoms with Crippen LogP contribution < -0.4 is 5.19 Å². The maximum atomic E-state index is 13.4. The van der Waals surface area contributed by atoms with Crippen LogP contribution in [0.25, 0.3) is 0 Å². The van der Waals surface area contributed by atoms with Crippen LogP contribution >= 0.6 is 0 Å². The van der Waals surface area contributed by atoms with Crippen LogP contribution in [0.4, 0.5) is 0 Å². The van der Waals surface area contributed by atoms with Crippen LogP contribution in [-0.4, -0.2) is 13.5 Å². The number of carbonyl (C=O) groups excluding carboxylic acids is 1. The molecule has 0 bridgehead atoms. The highest BCUT2D eigenvalue weighted by molar-refractivity contribution is 7.20. The average molecular weight is 304 g/mol. The smallest absolute Gasteiger partial charge is 0.196 e. The lowest BCUT2D eigenvalue weighted by molar-refractivity contribution is 0.107. The molecule has 1 atom stereocenters. The maximum absolute atomic E-state index is 13.4. The van der Waals surface area contributed by atoms with Gasteiger partial charge in [0, 0.05) is 5.56 Å². The summed E-state index contributed by atoms with van der Waals surface area (Å²) in [5.41, 5.74) is 0.820. The Kier molecular flexibility index (Phi) is 4.21. The second kappa shape index (κ2) is 6.28. The topological polar surface area (TPSA) is 17.1 Å². The van der Waals surface area contributed by atoms with Gasteiger partial charge in [0.1, 0.15) is 0 Å². The summed E-state index contributed by atoms with van der Waals surface area (Å²) >= 11 is 0. The molecular formula is C20H20OSi. The van der Waals surface area contributed by atoms with E-state index in [1.807, 2.05) is 48.5 Å². The molecule has 0 fully saturated rings. The minimum Gasteiger partial charge on any atom is -0.299 e. The number of allylic oxidation sites excluding steroid dienone is 4. The van der Waals surface area contributed by atoms with Crippen molar-refractivity contribution in [3.8, 4) is 0 Å². The molecule has 0 N–H and O–H groups in total. The van der Waals surface area contributed by atoms with Gasteiger partial charge in [-0.05, 0) is 18.0 Å². The summed E-state index contributed by atoms with van der Waals surface area (Å²) in [7, 11) is -2.43. The van der Waals surface area contributed by atoms with Gasteiger partial charge in [-0.3, -0.25) is 4.79 Å². The lowest BCUT2D eigenvalue weighted by Gasteiger charge is -2.29. The Morgan fingerprint density at radius 2 is 1.55 bits per heavy atom. The van der Waals surface area contributed by atoms with E-state index in [9.17, 15) is 4.79 Å². The van der Waals surface area contributed by atoms with Gasteiger partial charge in [-0.1, -0.05) is 90.6 Å². The molecule has 1 aliphatic rings. The average Bonchev–Trinajstić information content (AvgIpc) is 2.62. The first-order valence-electron chi connectivity index (χ1n) is 7.75. The van der Waals surface area contributed by atoms with Crippen molar-refractivity contribution in [3.05, 3.63) is 89.7 Å². The van der Waals surface area contributed by atoms with E-state index in [0.717, 1.165) is 18.4 Å². The fourth-order valence-electron chi connectivity index (χ4n) is 3.06. The van der Waals surface area contributed by atoms with E-state index in [2.05, 4.69) is 36.9 Å². The van der Waals surface area contributed by atoms with E-state index in [0.29, 0.717) is 0 Å². The standard InChI is InChI=1S/C20H20OSi/c1-22(18-13-7-3-8-14-18,19-15-9-4-10-16-19)20(21)17-11-5-2-6-12-17/h2-3,5-9,11-16H,4,10H2,1H3. The third-order valence-electron chi connectivity index (χ3n) is 4.41. The first kappa shape index (κ1) is 14.7. The molecule has 0 amide bonds. The van der Waals surface area contributed by atoms with Gasteiger partial charge in [0.25, 0.3) is 0 Å². The van der Waals surface area contributed by atoms with Crippen LogP contribution in [0.5, 0.6) is 0 Å². The van der Waals surface area contributed by atoms with Crippen LogP contribution in [0.2, 0.25) is 6.55 Å². The van der Waals surface area contributed by atoms with Crippen molar-refractivity contribution in [1.82, 2.24) is 0 Å². The maximum Gasteiger partial charge on any atom is 0.196 e. The second-order valence-corrected chi connectivity index (χ2v) is 9.68. The zero-order valence-corrected chi connectivity index (χ0v) is 13.8. The van der Waals surface area contributed by atoms with Gasteiger partial charge in [-0.2, -0.15) is 0 Å². The number of rotatable bonds is 4. The predicted octanol–water partition coefficient (Wildman–Crippen LogP) is 4.21. The molecule has 2 aromatic carbocycles. The highest BCUT2D eigenvalue weighted by Gasteiger charge is 2.41. The van der Waals surface area contributed by atoms with Crippen molar-refractivity contribution in [1.29, 1.82) is 0 Å². The summed E-state index contributed by atoms with van der Waals surface area (Å²) in [6, 6.07) is 20.0. The summed E-state index contributed by atoms with van der Waals surface area (Å²) in [4.78, 5) is 13.4. The molecule has 0 saturated heterocycles. The van der Waals surface area contributed by atoms with Crippen LogP contribution in [0.3, 0.4) is 0 Å². The molecule has 1 nitrogen and oxygen atoms in total. The van der Waals surface area contributed by atoms with Gasteiger partial charge in [0.05, 0.1) is 0 Å². The predicted molar refractivity (Wildman–Crippen MR) is 94.9 cm³/mol. The van der Waals surface area contributed by atoms with E-state index >= 15 is 0 Å². The molecule has 22 heavy (non-hydrogen) atoms. The second-order valence-electron chi connectivity index (χ2n) is 5.83. The molecule has 1 unspecified atom stereocenters. The molecule has 0 heterocycles. The van der Waals surface area contributed by atoms with Crippen LogP contribution in [0.15, 0.2) is 84.1 Å². The molecule has 0 spiro atoms. The first-order valence-corrected chi connectivity index (χ1v) is 10.3. The Hall–Kier alpha value is -2.19. The number of benzene rings is 2. The van der Waals surface area contributed by atoms with Crippen LogP contribution in [-0.2, 0) is 0 Å². The van der Waals surface area contributed by atoms with Gasteiger partial charge in [0.15, 0.2) is 13.5 Å². The van der Waals surface area contributed by atoms with E-state index in [1.165, 1.54) is 10.4 Å². The van der Waals surface area contributed by atoms with Gasteiger partial charge in [-0.15, -0.1) is 0 Å². The largest absolute Gasteiger partial charge is 0.299 e. The molecule has 0 saturated carbocycles. The molecule has 2 aromatic rings. The molecule has 3 rings (SSSR count). The Labute approximate surface area is 133 Å². The van der Waals surface area contributed by atoms with Crippen molar-refractivity contribution in [2.24, 2.45) is 0 Å². The number of carbonyl (C=O) groups is 1. The Morgan fingerprint density at radius 3 is 2.14 bits per heavy atom. The van der Waals surface area contributed by atoms with Gasteiger partial charge < -0.3 is 0 Å². The molecule has 0 aromatic heterocycles. The Bertz CT molecular complexity index is 716. The minimum absolute atomic E-state index is 0.289. The van der Waals surface area contributed by atoms with Crippen molar-refractivity contribution >= 4 is 18.7 Å². The Morgan fingerprint density at radius 1 is 0.909 bits per heavy atom. The summed E-state index contributed by atoms with van der Waals surface area (Å²) in [5, 5.41) is 2.71. The monoisotopic (exact) mass is 304 g/mol. The van der Waals surface area contributed by atoms with Crippen molar-refractivity contribution in [3.63, 3.8) is 0 Å². The van der Waals surface area contributed by atoms with Crippen molar-refractivity contribution in [2.75, 3.05) is 0 Å². The quantitative estimate of drug-likeness (QED) is 0.773. The summed E-state index contributed by atoms with van der Waals surface area (Å²) in [6.07, 6.45) is 8.73. The van der Waals surface area contributed by atoms with E-state index in [-0.39, 0.29) is 5.41 Å². The zero-order chi connectivity index (χ0) is 15.4. The fourth-order valence-corrected chi connectivity index (χ4v) is 6.53. The number of hydrogen-bond acceptors (Lipinski definition) is 1. The van der Waals surface area contributed by atoms with Crippen molar-refractivity contribution in [2.45, 2.75) is 19.4 Å². The normalized spacial score (nSPS) is 16.7. The molecule has 0 aliphatic heterocycles. The van der Waals surface area contributed by atoms with Crippen LogP contribution in [0.1, 0.15) is 23.2 Å². The molecule has 0 radical (unpaired) electrons.